The van der Waals surface area contributed by atoms with E-state index < -0.39 is 0 Å². The number of nitrogens with zero attached hydrogens (tertiary/aromatic N) is 3. The minimum atomic E-state index is 0.182. The molecule has 5 nitrogen and oxygen atoms in total. The number of rotatable bonds is 9. The number of hydrogen-bond donors (Lipinski definition) is 0. The van der Waals surface area contributed by atoms with E-state index in [1.165, 1.54) is 5.56 Å². The molecule has 0 saturated carbocycles. The first-order chi connectivity index (χ1) is 13.7. The molecule has 0 aliphatic carbocycles. The van der Waals surface area contributed by atoms with Crippen molar-refractivity contribution in [2.45, 2.75) is 39.7 Å². The monoisotopic (exact) mass is 401 g/mol. The molecule has 28 heavy (non-hydrogen) atoms. The number of morpholine rings is 1. The van der Waals surface area contributed by atoms with Gasteiger partial charge >= 0.3 is 0 Å². The zero-order valence-electron chi connectivity index (χ0n) is 17.0. The molecule has 0 unspecified atom stereocenters. The maximum atomic E-state index is 12.5. The van der Waals surface area contributed by atoms with Crippen LogP contribution in [-0.2, 0) is 22.5 Å². The van der Waals surface area contributed by atoms with Gasteiger partial charge in [-0.15, -0.1) is 11.3 Å². The molecule has 1 aliphatic heterocycles. The molecule has 3 rings (SSSR count). The Bertz CT molecular complexity index is 732. The van der Waals surface area contributed by atoms with Crippen molar-refractivity contribution in [1.29, 1.82) is 0 Å². The van der Waals surface area contributed by atoms with Crippen LogP contribution in [0.2, 0.25) is 0 Å². The molecule has 1 saturated heterocycles. The van der Waals surface area contributed by atoms with Crippen LogP contribution in [0.4, 0.5) is 0 Å². The van der Waals surface area contributed by atoms with Crippen molar-refractivity contribution in [2.24, 2.45) is 0 Å². The first kappa shape index (κ1) is 21.0. The highest BCUT2D eigenvalue weighted by molar-refractivity contribution is 7.13. The molecule has 152 valence electrons. The number of thiazole rings is 1. The molecular formula is C22H31N3O2S. The van der Waals surface area contributed by atoms with Crippen molar-refractivity contribution in [2.75, 3.05) is 39.4 Å². The number of amides is 1. The Morgan fingerprint density at radius 2 is 1.82 bits per heavy atom. The summed E-state index contributed by atoms with van der Waals surface area (Å²) in [4.78, 5) is 21.6. The summed E-state index contributed by atoms with van der Waals surface area (Å²) < 4.78 is 5.41. The van der Waals surface area contributed by atoms with Gasteiger partial charge in [0.1, 0.15) is 5.01 Å². The van der Waals surface area contributed by atoms with E-state index in [1.54, 1.807) is 11.3 Å². The van der Waals surface area contributed by atoms with E-state index in [1.807, 2.05) is 10.3 Å². The van der Waals surface area contributed by atoms with Gasteiger partial charge in [0.25, 0.3) is 0 Å². The molecule has 1 fully saturated rings. The topological polar surface area (TPSA) is 45.7 Å². The summed E-state index contributed by atoms with van der Waals surface area (Å²) in [5.41, 5.74) is 3.31. The third-order valence-electron chi connectivity index (χ3n) is 4.93. The van der Waals surface area contributed by atoms with Crippen LogP contribution < -0.4 is 0 Å². The van der Waals surface area contributed by atoms with Crippen LogP contribution in [-0.4, -0.2) is 60.1 Å². The van der Waals surface area contributed by atoms with E-state index in [0.29, 0.717) is 6.42 Å². The van der Waals surface area contributed by atoms with Gasteiger partial charge in [0.05, 0.1) is 25.3 Å². The summed E-state index contributed by atoms with van der Waals surface area (Å²) >= 11 is 1.62. The SMILES string of the molecule is CCCN(CCC)C(=O)Cc1csc(-c2ccc(CN3CCOCC3)cc2)n1. The van der Waals surface area contributed by atoms with Crippen molar-refractivity contribution in [1.82, 2.24) is 14.8 Å². The number of carbonyl (C=O) groups excluding carboxylic acids is 1. The zero-order chi connectivity index (χ0) is 19.8. The summed E-state index contributed by atoms with van der Waals surface area (Å²) in [6.45, 7) is 10.5. The molecule has 2 heterocycles. The van der Waals surface area contributed by atoms with E-state index in [-0.39, 0.29) is 5.91 Å². The first-order valence-electron chi connectivity index (χ1n) is 10.3. The molecule has 0 spiro atoms. The predicted molar refractivity (Wildman–Crippen MR) is 115 cm³/mol. The van der Waals surface area contributed by atoms with Gasteiger partial charge in [0.2, 0.25) is 5.91 Å². The van der Waals surface area contributed by atoms with Crippen molar-refractivity contribution < 1.29 is 9.53 Å². The molecule has 1 aromatic heterocycles. The van der Waals surface area contributed by atoms with E-state index in [2.05, 4.69) is 43.0 Å². The summed E-state index contributed by atoms with van der Waals surface area (Å²) in [5.74, 6) is 0.182. The highest BCUT2D eigenvalue weighted by Crippen LogP contribution is 2.25. The fraction of sp³-hybridized carbons (Fsp3) is 0.545. The maximum Gasteiger partial charge on any atom is 0.228 e. The quantitative estimate of drug-likeness (QED) is 0.641. The van der Waals surface area contributed by atoms with Crippen molar-refractivity contribution >= 4 is 17.2 Å². The summed E-state index contributed by atoms with van der Waals surface area (Å²) in [6.07, 6.45) is 2.38. The Morgan fingerprint density at radius 3 is 2.46 bits per heavy atom. The van der Waals surface area contributed by atoms with Gasteiger partial charge in [0, 0.05) is 43.7 Å². The maximum absolute atomic E-state index is 12.5. The normalized spacial score (nSPS) is 14.9. The summed E-state index contributed by atoms with van der Waals surface area (Å²) in [5, 5.41) is 3.00. The Labute approximate surface area is 172 Å². The molecule has 0 radical (unpaired) electrons. The van der Waals surface area contributed by atoms with Crippen LogP contribution in [0, 0.1) is 0 Å². The molecule has 1 aromatic carbocycles. The predicted octanol–water partition coefficient (Wildman–Crippen LogP) is 3.83. The smallest absolute Gasteiger partial charge is 0.228 e. The van der Waals surface area contributed by atoms with Crippen molar-refractivity contribution in [3.8, 4) is 10.6 Å². The van der Waals surface area contributed by atoms with Crippen molar-refractivity contribution in [3.63, 3.8) is 0 Å². The number of carbonyl (C=O) groups is 1. The first-order valence-corrected chi connectivity index (χ1v) is 11.2. The van der Waals surface area contributed by atoms with Gasteiger partial charge in [-0.2, -0.15) is 0 Å². The average Bonchev–Trinajstić information content (AvgIpc) is 3.17. The Kier molecular flexibility index (Phi) is 8.01. The lowest BCUT2D eigenvalue weighted by molar-refractivity contribution is -0.130. The van der Waals surface area contributed by atoms with Gasteiger partial charge in [-0.1, -0.05) is 38.1 Å². The van der Waals surface area contributed by atoms with Crippen LogP contribution in [0.5, 0.6) is 0 Å². The molecule has 6 heteroatoms. The van der Waals surface area contributed by atoms with Gasteiger partial charge in [-0.05, 0) is 18.4 Å². The van der Waals surface area contributed by atoms with E-state index in [9.17, 15) is 4.79 Å². The van der Waals surface area contributed by atoms with E-state index in [0.717, 1.165) is 75.0 Å². The van der Waals surface area contributed by atoms with E-state index >= 15 is 0 Å². The second kappa shape index (κ2) is 10.7. The molecule has 0 atom stereocenters. The summed E-state index contributed by atoms with van der Waals surface area (Å²) in [6, 6.07) is 8.64. The minimum Gasteiger partial charge on any atom is -0.379 e. The Morgan fingerprint density at radius 1 is 1.14 bits per heavy atom. The fourth-order valence-corrected chi connectivity index (χ4v) is 4.28. The lowest BCUT2D eigenvalue weighted by atomic mass is 10.1. The van der Waals surface area contributed by atoms with Crippen LogP contribution >= 0.6 is 11.3 Å². The van der Waals surface area contributed by atoms with Crippen LogP contribution in [0.1, 0.15) is 37.9 Å². The molecule has 0 N–H and O–H groups in total. The third kappa shape index (κ3) is 5.87. The van der Waals surface area contributed by atoms with Gasteiger partial charge in [-0.3, -0.25) is 9.69 Å². The highest BCUT2D eigenvalue weighted by atomic mass is 32.1. The number of aromatic nitrogens is 1. The largest absolute Gasteiger partial charge is 0.379 e. The second-order valence-electron chi connectivity index (χ2n) is 7.29. The lowest BCUT2D eigenvalue weighted by Crippen LogP contribution is -2.35. The minimum absolute atomic E-state index is 0.182. The molecular weight excluding hydrogens is 370 g/mol. The second-order valence-corrected chi connectivity index (χ2v) is 8.15. The van der Waals surface area contributed by atoms with Gasteiger partial charge in [-0.25, -0.2) is 4.98 Å². The number of benzene rings is 1. The number of ether oxygens (including phenoxy) is 1. The average molecular weight is 402 g/mol. The Hall–Kier alpha value is -1.76. The fourth-order valence-electron chi connectivity index (χ4n) is 3.46. The third-order valence-corrected chi connectivity index (χ3v) is 5.87. The molecule has 1 amide bonds. The van der Waals surface area contributed by atoms with Gasteiger partial charge < -0.3 is 9.64 Å². The van der Waals surface area contributed by atoms with Crippen molar-refractivity contribution in [3.05, 3.63) is 40.9 Å². The lowest BCUT2D eigenvalue weighted by Gasteiger charge is -2.26. The summed E-state index contributed by atoms with van der Waals surface area (Å²) in [7, 11) is 0. The van der Waals surface area contributed by atoms with Crippen LogP contribution in [0.15, 0.2) is 29.6 Å². The zero-order valence-corrected chi connectivity index (χ0v) is 17.8. The molecule has 1 aliphatic rings. The standard InChI is InChI=1S/C22H31N3O2S/c1-3-9-25(10-4-2)21(26)15-20-17-28-22(23-20)19-7-5-18(6-8-19)16-24-11-13-27-14-12-24/h5-8,17H,3-4,9-16H2,1-2H3. The van der Waals surface area contributed by atoms with Crippen LogP contribution in [0.3, 0.4) is 0 Å². The molecule has 0 bridgehead atoms. The van der Waals surface area contributed by atoms with Gasteiger partial charge in [0.15, 0.2) is 0 Å². The van der Waals surface area contributed by atoms with E-state index in [4.69, 9.17) is 9.72 Å². The number of hydrogen-bond acceptors (Lipinski definition) is 5. The highest BCUT2D eigenvalue weighted by Gasteiger charge is 2.15. The van der Waals surface area contributed by atoms with Crippen LogP contribution in [0.25, 0.3) is 10.6 Å². The molecule has 2 aromatic rings. The Balaban J connectivity index is 1.59.